The standard InChI is InChI=1S/C15H26N2O4S/c1-15(5-7-22(19,20)11-15)16-14(18)9-17(13-2-3-13)8-12-4-6-21-10-12/h12-13H,2-11H2,1H3,(H,16,18)/t12-,15+/m1/s1. The van der Waals surface area contributed by atoms with Crippen molar-refractivity contribution in [2.45, 2.75) is 44.2 Å². The number of carbonyl (C=O) groups excluding carboxylic acids is 1. The van der Waals surface area contributed by atoms with Crippen LogP contribution < -0.4 is 5.32 Å². The van der Waals surface area contributed by atoms with E-state index in [4.69, 9.17) is 4.74 Å². The third-order valence-corrected chi connectivity index (χ3v) is 6.77. The summed E-state index contributed by atoms with van der Waals surface area (Å²) in [6.45, 7) is 4.73. The Kier molecular flexibility index (Phi) is 4.49. The molecule has 0 aromatic rings. The number of hydrogen-bond acceptors (Lipinski definition) is 5. The van der Waals surface area contributed by atoms with Crippen molar-refractivity contribution in [2.75, 3.05) is 37.8 Å². The summed E-state index contributed by atoms with van der Waals surface area (Å²) in [5, 5.41) is 2.96. The van der Waals surface area contributed by atoms with Crippen LogP contribution in [-0.2, 0) is 19.4 Å². The number of amides is 1. The number of hydrogen-bond donors (Lipinski definition) is 1. The molecule has 2 aliphatic heterocycles. The number of nitrogens with zero attached hydrogens (tertiary/aromatic N) is 1. The van der Waals surface area contributed by atoms with Gasteiger partial charge in [-0.3, -0.25) is 9.69 Å². The smallest absolute Gasteiger partial charge is 0.234 e. The highest BCUT2D eigenvalue weighted by Crippen LogP contribution is 2.29. The zero-order chi connectivity index (χ0) is 15.8. The van der Waals surface area contributed by atoms with E-state index in [-0.39, 0.29) is 17.4 Å². The van der Waals surface area contributed by atoms with E-state index in [2.05, 4.69) is 10.2 Å². The van der Waals surface area contributed by atoms with E-state index in [9.17, 15) is 13.2 Å². The molecule has 22 heavy (non-hydrogen) atoms. The predicted octanol–water partition coefficient (Wildman–Crippen LogP) is 0.181. The van der Waals surface area contributed by atoms with Crippen LogP contribution in [0.5, 0.6) is 0 Å². The largest absolute Gasteiger partial charge is 0.381 e. The van der Waals surface area contributed by atoms with Crippen molar-refractivity contribution < 1.29 is 17.9 Å². The van der Waals surface area contributed by atoms with E-state index in [0.717, 1.165) is 39.0 Å². The summed E-state index contributed by atoms with van der Waals surface area (Å²) in [6.07, 6.45) is 3.90. The molecule has 3 fully saturated rings. The lowest BCUT2D eigenvalue weighted by Gasteiger charge is -2.28. The first-order chi connectivity index (χ1) is 10.4. The first-order valence-electron chi connectivity index (χ1n) is 8.18. The van der Waals surface area contributed by atoms with Crippen LogP contribution in [0.4, 0.5) is 0 Å². The summed E-state index contributed by atoms with van der Waals surface area (Å²) in [6, 6.07) is 0.520. The topological polar surface area (TPSA) is 75.7 Å². The highest BCUT2D eigenvalue weighted by molar-refractivity contribution is 7.91. The Hall–Kier alpha value is -0.660. The number of carbonyl (C=O) groups is 1. The van der Waals surface area contributed by atoms with Gasteiger partial charge in [0.1, 0.15) is 0 Å². The minimum atomic E-state index is -3.00. The second-order valence-corrected chi connectivity index (χ2v) is 9.53. The second-order valence-electron chi connectivity index (χ2n) is 7.34. The highest BCUT2D eigenvalue weighted by atomic mass is 32.2. The van der Waals surface area contributed by atoms with Crippen molar-refractivity contribution in [3.63, 3.8) is 0 Å². The molecule has 0 unspecified atom stereocenters. The zero-order valence-corrected chi connectivity index (χ0v) is 14.0. The van der Waals surface area contributed by atoms with Gasteiger partial charge in [-0.25, -0.2) is 8.42 Å². The first-order valence-corrected chi connectivity index (χ1v) is 10.0. The van der Waals surface area contributed by atoms with E-state index in [1.165, 1.54) is 0 Å². The van der Waals surface area contributed by atoms with Gasteiger partial charge >= 0.3 is 0 Å². The van der Waals surface area contributed by atoms with E-state index in [1.807, 2.05) is 6.92 Å². The van der Waals surface area contributed by atoms with E-state index in [0.29, 0.717) is 24.9 Å². The van der Waals surface area contributed by atoms with Gasteiger partial charge in [0, 0.05) is 19.2 Å². The summed E-state index contributed by atoms with van der Waals surface area (Å²) < 4.78 is 28.7. The normalized spacial score (nSPS) is 34.2. The molecule has 7 heteroatoms. The van der Waals surface area contributed by atoms with E-state index >= 15 is 0 Å². The summed E-state index contributed by atoms with van der Waals surface area (Å²) >= 11 is 0. The molecule has 2 saturated heterocycles. The summed E-state index contributed by atoms with van der Waals surface area (Å²) in [7, 11) is -3.00. The van der Waals surface area contributed by atoms with Crippen molar-refractivity contribution in [3.8, 4) is 0 Å². The molecule has 0 aromatic heterocycles. The Morgan fingerprint density at radius 1 is 1.36 bits per heavy atom. The third kappa shape index (κ3) is 4.20. The Morgan fingerprint density at radius 2 is 2.14 bits per heavy atom. The number of sulfone groups is 1. The van der Waals surface area contributed by atoms with Crippen LogP contribution in [-0.4, -0.2) is 68.6 Å². The molecule has 0 bridgehead atoms. The number of rotatable bonds is 6. The van der Waals surface area contributed by atoms with Gasteiger partial charge in [-0.15, -0.1) is 0 Å². The predicted molar refractivity (Wildman–Crippen MR) is 83.3 cm³/mol. The molecule has 0 radical (unpaired) electrons. The number of nitrogens with one attached hydrogen (secondary N) is 1. The Morgan fingerprint density at radius 3 is 2.68 bits per heavy atom. The van der Waals surface area contributed by atoms with Crippen LogP contribution >= 0.6 is 0 Å². The summed E-state index contributed by atoms with van der Waals surface area (Å²) in [5.41, 5.74) is -0.596. The van der Waals surface area contributed by atoms with Crippen LogP contribution in [0.3, 0.4) is 0 Å². The number of ether oxygens (including phenoxy) is 1. The van der Waals surface area contributed by atoms with Crippen LogP contribution in [0.25, 0.3) is 0 Å². The van der Waals surface area contributed by atoms with Gasteiger partial charge in [-0.1, -0.05) is 0 Å². The molecule has 126 valence electrons. The van der Waals surface area contributed by atoms with Gasteiger partial charge in [-0.2, -0.15) is 0 Å². The molecule has 1 N–H and O–H groups in total. The molecule has 3 rings (SSSR count). The molecule has 1 amide bonds. The molecule has 0 aromatic carbocycles. The molecule has 1 aliphatic carbocycles. The zero-order valence-electron chi connectivity index (χ0n) is 13.2. The van der Waals surface area contributed by atoms with Gasteiger partial charge in [-0.05, 0) is 38.5 Å². The molecule has 0 spiro atoms. The lowest BCUT2D eigenvalue weighted by molar-refractivity contribution is -0.124. The molecule has 2 atom stereocenters. The van der Waals surface area contributed by atoms with E-state index < -0.39 is 15.4 Å². The summed E-state index contributed by atoms with van der Waals surface area (Å²) in [4.78, 5) is 14.6. The Balaban J connectivity index is 1.52. The minimum absolute atomic E-state index is 0.0505. The molecular formula is C15H26N2O4S. The Bertz CT molecular complexity index is 526. The fourth-order valence-electron chi connectivity index (χ4n) is 3.51. The van der Waals surface area contributed by atoms with Gasteiger partial charge in [0.2, 0.25) is 5.91 Å². The van der Waals surface area contributed by atoms with Crippen LogP contribution in [0, 0.1) is 5.92 Å². The van der Waals surface area contributed by atoms with Crippen molar-refractivity contribution in [1.82, 2.24) is 10.2 Å². The maximum Gasteiger partial charge on any atom is 0.234 e. The van der Waals surface area contributed by atoms with Crippen LogP contribution in [0.2, 0.25) is 0 Å². The lowest BCUT2D eigenvalue weighted by atomic mass is 10.0. The second kappa shape index (κ2) is 6.09. The monoisotopic (exact) mass is 330 g/mol. The maximum atomic E-state index is 12.4. The fraction of sp³-hybridized carbons (Fsp3) is 0.933. The minimum Gasteiger partial charge on any atom is -0.381 e. The quantitative estimate of drug-likeness (QED) is 0.752. The summed E-state index contributed by atoms with van der Waals surface area (Å²) in [5.74, 6) is 0.711. The van der Waals surface area contributed by atoms with Crippen molar-refractivity contribution in [2.24, 2.45) is 5.92 Å². The Labute approximate surface area is 132 Å². The van der Waals surface area contributed by atoms with Gasteiger partial charge in [0.05, 0.1) is 30.2 Å². The molecule has 6 nitrogen and oxygen atoms in total. The molecule has 1 saturated carbocycles. The molecular weight excluding hydrogens is 304 g/mol. The molecule has 3 aliphatic rings. The van der Waals surface area contributed by atoms with Gasteiger partial charge in [0.25, 0.3) is 0 Å². The maximum absolute atomic E-state index is 12.4. The SMILES string of the molecule is C[C@]1(NC(=O)CN(C[C@H]2CCOC2)C2CC2)CCS(=O)(=O)C1. The average molecular weight is 330 g/mol. The van der Waals surface area contributed by atoms with Gasteiger partial charge in [0.15, 0.2) is 9.84 Å². The third-order valence-electron chi connectivity index (χ3n) is 4.87. The van der Waals surface area contributed by atoms with Crippen LogP contribution in [0.15, 0.2) is 0 Å². The molecule has 2 heterocycles. The fourth-order valence-corrected chi connectivity index (χ4v) is 5.60. The van der Waals surface area contributed by atoms with Crippen LogP contribution in [0.1, 0.15) is 32.6 Å². The first kappa shape index (κ1) is 16.2. The average Bonchev–Trinajstić information content (AvgIpc) is 3.06. The van der Waals surface area contributed by atoms with Crippen molar-refractivity contribution >= 4 is 15.7 Å². The highest BCUT2D eigenvalue weighted by Gasteiger charge is 2.40. The van der Waals surface area contributed by atoms with Gasteiger partial charge < -0.3 is 10.1 Å². The lowest BCUT2D eigenvalue weighted by Crippen LogP contribution is -2.51. The van der Waals surface area contributed by atoms with Crippen molar-refractivity contribution in [3.05, 3.63) is 0 Å². The van der Waals surface area contributed by atoms with Crippen molar-refractivity contribution in [1.29, 1.82) is 0 Å². The van der Waals surface area contributed by atoms with E-state index in [1.54, 1.807) is 0 Å².